The highest BCUT2D eigenvalue weighted by Gasteiger charge is 2.24. The number of amides is 2. The molecule has 0 unspecified atom stereocenters. The van der Waals surface area contributed by atoms with E-state index in [1.165, 1.54) is 0 Å². The maximum atomic E-state index is 12.5. The first-order valence-electron chi connectivity index (χ1n) is 11.2. The number of aryl methyl sites for hydroxylation is 3. The Hall–Kier alpha value is -3.02. The summed E-state index contributed by atoms with van der Waals surface area (Å²) in [6.45, 7) is 11.3. The second-order valence-corrected chi connectivity index (χ2v) is 8.65. The molecule has 0 aromatic heterocycles. The number of piperidine rings is 1. The number of nitrogens with zero attached hydrogens (tertiary/aromatic N) is 1. The molecule has 1 saturated heterocycles. The Bertz CT molecular complexity index is 978. The van der Waals surface area contributed by atoms with Gasteiger partial charge in [-0.3, -0.25) is 9.59 Å². The minimum Gasteiger partial charge on any atom is -0.483 e. The lowest BCUT2D eigenvalue weighted by Crippen LogP contribution is -2.48. The fourth-order valence-corrected chi connectivity index (χ4v) is 3.94. The summed E-state index contributed by atoms with van der Waals surface area (Å²) in [4.78, 5) is 26.7. The minimum absolute atomic E-state index is 0.00599. The van der Waals surface area contributed by atoms with Crippen LogP contribution in [0, 0.1) is 34.6 Å². The zero-order valence-electron chi connectivity index (χ0n) is 19.8. The molecule has 3 rings (SSSR count). The van der Waals surface area contributed by atoms with Crippen molar-refractivity contribution in [1.29, 1.82) is 0 Å². The Balaban J connectivity index is 1.41. The molecule has 2 aromatic carbocycles. The number of rotatable bonds is 7. The lowest BCUT2D eigenvalue weighted by atomic mass is 10.0. The highest BCUT2D eigenvalue weighted by Crippen LogP contribution is 2.25. The Morgan fingerprint density at radius 2 is 1.53 bits per heavy atom. The van der Waals surface area contributed by atoms with Gasteiger partial charge < -0.3 is 19.7 Å². The topological polar surface area (TPSA) is 67.9 Å². The normalized spacial score (nSPS) is 14.2. The number of carbonyl (C=O) groups excluding carboxylic acids is 2. The van der Waals surface area contributed by atoms with Crippen molar-refractivity contribution in [3.8, 4) is 11.5 Å². The van der Waals surface area contributed by atoms with Crippen LogP contribution in [-0.2, 0) is 9.59 Å². The highest BCUT2D eigenvalue weighted by atomic mass is 16.5. The van der Waals surface area contributed by atoms with Gasteiger partial charge in [-0.15, -0.1) is 0 Å². The smallest absolute Gasteiger partial charge is 0.260 e. The number of ether oxygens (including phenoxy) is 2. The molecule has 1 aliphatic rings. The van der Waals surface area contributed by atoms with Gasteiger partial charge in [0, 0.05) is 19.1 Å². The molecular weight excluding hydrogens is 404 g/mol. The zero-order chi connectivity index (χ0) is 23.3. The number of nitrogens with one attached hydrogen (secondary N) is 1. The second-order valence-electron chi connectivity index (χ2n) is 8.65. The Labute approximate surface area is 190 Å². The van der Waals surface area contributed by atoms with Crippen LogP contribution in [0.4, 0.5) is 0 Å². The molecule has 0 bridgehead atoms. The van der Waals surface area contributed by atoms with Crippen molar-refractivity contribution in [2.75, 3.05) is 26.3 Å². The van der Waals surface area contributed by atoms with Gasteiger partial charge in [-0.1, -0.05) is 24.3 Å². The first-order valence-corrected chi connectivity index (χ1v) is 11.2. The standard InChI is InChI=1S/C26H34N2O4/c1-17-7-6-8-23(20(17)4)31-16-25(30)28-13-11-22(12-14-28)27-24(29)15-32-26-19(3)10-9-18(2)21(26)5/h6-10,22H,11-16H2,1-5H3,(H,27,29). The third-order valence-corrected chi connectivity index (χ3v) is 6.34. The molecular formula is C26H34N2O4. The molecule has 0 spiro atoms. The molecule has 0 atom stereocenters. The predicted octanol–water partition coefficient (Wildman–Crippen LogP) is 3.79. The van der Waals surface area contributed by atoms with Gasteiger partial charge in [-0.25, -0.2) is 0 Å². The van der Waals surface area contributed by atoms with Gasteiger partial charge in [0.2, 0.25) is 0 Å². The predicted molar refractivity (Wildman–Crippen MR) is 125 cm³/mol. The van der Waals surface area contributed by atoms with Gasteiger partial charge in [0.15, 0.2) is 13.2 Å². The van der Waals surface area contributed by atoms with Crippen LogP contribution >= 0.6 is 0 Å². The van der Waals surface area contributed by atoms with Crippen molar-refractivity contribution in [3.05, 3.63) is 58.1 Å². The summed E-state index contributed by atoms with van der Waals surface area (Å²) >= 11 is 0. The van der Waals surface area contributed by atoms with Crippen LogP contribution in [0.2, 0.25) is 0 Å². The van der Waals surface area contributed by atoms with Crippen LogP contribution in [0.15, 0.2) is 30.3 Å². The SMILES string of the molecule is Cc1cccc(OCC(=O)N2CCC(NC(=O)COc3c(C)ccc(C)c3C)CC2)c1C. The van der Waals surface area contributed by atoms with E-state index in [1.54, 1.807) is 0 Å². The van der Waals surface area contributed by atoms with Crippen molar-refractivity contribution in [1.82, 2.24) is 10.2 Å². The Morgan fingerprint density at radius 1 is 0.875 bits per heavy atom. The van der Waals surface area contributed by atoms with Gasteiger partial charge in [-0.2, -0.15) is 0 Å². The second kappa shape index (κ2) is 10.5. The largest absolute Gasteiger partial charge is 0.483 e. The molecule has 1 heterocycles. The van der Waals surface area contributed by atoms with Gasteiger partial charge in [-0.05, 0) is 81.3 Å². The lowest BCUT2D eigenvalue weighted by molar-refractivity contribution is -0.134. The summed E-state index contributed by atoms with van der Waals surface area (Å²) in [5, 5.41) is 3.04. The summed E-state index contributed by atoms with van der Waals surface area (Å²) in [6.07, 6.45) is 1.45. The van der Waals surface area contributed by atoms with E-state index in [1.807, 2.05) is 63.8 Å². The van der Waals surface area contributed by atoms with Gasteiger partial charge in [0.25, 0.3) is 11.8 Å². The van der Waals surface area contributed by atoms with Crippen molar-refractivity contribution in [2.45, 2.75) is 53.5 Å². The number of hydrogen-bond acceptors (Lipinski definition) is 4. The van der Waals surface area contributed by atoms with E-state index in [-0.39, 0.29) is 31.1 Å². The van der Waals surface area contributed by atoms with Gasteiger partial charge in [0.1, 0.15) is 11.5 Å². The molecule has 1 fully saturated rings. The summed E-state index contributed by atoms with van der Waals surface area (Å²) in [5.74, 6) is 1.38. The van der Waals surface area contributed by atoms with Crippen molar-refractivity contribution in [3.63, 3.8) is 0 Å². The Kier molecular flexibility index (Phi) is 7.78. The molecule has 2 amide bonds. The number of hydrogen-bond donors (Lipinski definition) is 1. The first-order chi connectivity index (χ1) is 15.3. The van der Waals surface area contributed by atoms with Crippen LogP contribution in [-0.4, -0.2) is 49.1 Å². The molecule has 172 valence electrons. The number of likely N-dealkylation sites (tertiary alicyclic amines) is 1. The van der Waals surface area contributed by atoms with E-state index < -0.39 is 0 Å². The highest BCUT2D eigenvalue weighted by molar-refractivity contribution is 5.79. The third-order valence-electron chi connectivity index (χ3n) is 6.34. The van der Waals surface area contributed by atoms with E-state index >= 15 is 0 Å². The summed E-state index contributed by atoms with van der Waals surface area (Å²) in [6, 6.07) is 9.96. The minimum atomic E-state index is -0.131. The van der Waals surface area contributed by atoms with E-state index in [0.29, 0.717) is 13.1 Å². The fourth-order valence-electron chi connectivity index (χ4n) is 3.94. The first kappa shape index (κ1) is 23.6. The molecule has 0 aliphatic carbocycles. The van der Waals surface area contributed by atoms with Crippen LogP contribution < -0.4 is 14.8 Å². The van der Waals surface area contributed by atoms with Crippen LogP contribution in [0.25, 0.3) is 0 Å². The number of carbonyl (C=O) groups is 2. The quantitative estimate of drug-likeness (QED) is 0.714. The van der Waals surface area contributed by atoms with E-state index in [9.17, 15) is 9.59 Å². The molecule has 6 nitrogen and oxygen atoms in total. The maximum Gasteiger partial charge on any atom is 0.260 e. The zero-order valence-corrected chi connectivity index (χ0v) is 19.8. The van der Waals surface area contributed by atoms with Crippen LogP contribution in [0.1, 0.15) is 40.7 Å². The summed E-state index contributed by atoms with van der Waals surface area (Å²) in [7, 11) is 0. The Morgan fingerprint density at radius 3 is 2.25 bits per heavy atom. The van der Waals surface area contributed by atoms with E-state index in [2.05, 4.69) is 11.4 Å². The average molecular weight is 439 g/mol. The van der Waals surface area contributed by atoms with E-state index in [4.69, 9.17) is 9.47 Å². The third kappa shape index (κ3) is 5.81. The molecule has 32 heavy (non-hydrogen) atoms. The van der Waals surface area contributed by atoms with E-state index in [0.717, 1.165) is 52.2 Å². The lowest BCUT2D eigenvalue weighted by Gasteiger charge is -2.32. The van der Waals surface area contributed by atoms with Crippen LogP contribution in [0.3, 0.4) is 0 Å². The van der Waals surface area contributed by atoms with Crippen molar-refractivity contribution < 1.29 is 19.1 Å². The molecule has 1 aliphatic heterocycles. The van der Waals surface area contributed by atoms with Crippen LogP contribution in [0.5, 0.6) is 11.5 Å². The number of benzene rings is 2. The van der Waals surface area contributed by atoms with Gasteiger partial charge in [0.05, 0.1) is 0 Å². The summed E-state index contributed by atoms with van der Waals surface area (Å²) in [5.41, 5.74) is 5.43. The van der Waals surface area contributed by atoms with Crippen molar-refractivity contribution in [2.24, 2.45) is 0 Å². The molecule has 1 N–H and O–H groups in total. The van der Waals surface area contributed by atoms with Crippen molar-refractivity contribution >= 4 is 11.8 Å². The maximum absolute atomic E-state index is 12.5. The average Bonchev–Trinajstić information content (AvgIpc) is 2.77. The molecule has 0 radical (unpaired) electrons. The fraction of sp³-hybridized carbons (Fsp3) is 0.462. The summed E-state index contributed by atoms with van der Waals surface area (Å²) < 4.78 is 11.6. The van der Waals surface area contributed by atoms with Gasteiger partial charge >= 0.3 is 0 Å². The molecule has 2 aromatic rings. The monoisotopic (exact) mass is 438 g/mol. The molecule has 6 heteroatoms. The molecule has 0 saturated carbocycles.